The Hall–Kier alpha value is -3.67. The van der Waals surface area contributed by atoms with Crippen LogP contribution in [0.1, 0.15) is 17.0 Å². The van der Waals surface area contributed by atoms with Crippen LogP contribution < -0.4 is 10.9 Å². The number of aryl methyl sites for hydroxylation is 1. The van der Waals surface area contributed by atoms with Crippen LogP contribution in [0.2, 0.25) is 0 Å². The van der Waals surface area contributed by atoms with Crippen molar-refractivity contribution >= 4 is 33.3 Å². The van der Waals surface area contributed by atoms with E-state index in [1.54, 1.807) is 13.1 Å². The second-order valence-electron chi connectivity index (χ2n) is 7.24. The fourth-order valence-corrected chi connectivity index (χ4v) is 3.92. The molecule has 0 atom stereocenters. The van der Waals surface area contributed by atoms with E-state index >= 15 is 0 Å². The summed E-state index contributed by atoms with van der Waals surface area (Å²) in [6.07, 6.45) is 5.97. The Bertz CT molecular complexity index is 1360. The fraction of sp³-hybridized carbons (Fsp3) is 0.174. The molecule has 2 aromatic heterocycles. The first-order valence-electron chi connectivity index (χ1n) is 9.54. The predicted molar refractivity (Wildman–Crippen MR) is 112 cm³/mol. The van der Waals surface area contributed by atoms with Crippen LogP contribution in [0.3, 0.4) is 0 Å². The first kappa shape index (κ1) is 17.4. The predicted octanol–water partition coefficient (Wildman–Crippen LogP) is 3.52. The average molecular weight is 385 g/mol. The van der Waals surface area contributed by atoms with Gasteiger partial charge in [0.05, 0.1) is 17.5 Å². The minimum Gasteiger partial charge on any atom is -0.460 e. The number of fused-ring (bicyclic) bond motifs is 4. The Kier molecular flexibility index (Phi) is 4.05. The summed E-state index contributed by atoms with van der Waals surface area (Å²) >= 11 is 0. The number of nitrogens with zero attached hydrogens (tertiary/aromatic N) is 2. The van der Waals surface area contributed by atoms with Crippen LogP contribution in [0.4, 0.5) is 5.69 Å². The quantitative estimate of drug-likeness (QED) is 0.548. The Morgan fingerprint density at radius 3 is 2.76 bits per heavy atom. The highest BCUT2D eigenvalue weighted by molar-refractivity contribution is 5.97. The molecule has 0 unspecified atom stereocenters. The number of anilines is 1. The Balaban J connectivity index is 1.44. The minimum absolute atomic E-state index is 0.0822. The van der Waals surface area contributed by atoms with Crippen molar-refractivity contribution < 1.29 is 9.21 Å². The molecule has 4 aromatic rings. The van der Waals surface area contributed by atoms with Crippen molar-refractivity contribution in [3.63, 3.8) is 0 Å². The van der Waals surface area contributed by atoms with Gasteiger partial charge in [0, 0.05) is 35.5 Å². The molecule has 29 heavy (non-hydrogen) atoms. The number of furan rings is 1. The highest BCUT2D eigenvalue weighted by atomic mass is 16.3. The van der Waals surface area contributed by atoms with E-state index in [2.05, 4.69) is 22.6 Å². The SMILES string of the molecule is Cn1nc(CC(=O)Nc2ccc3oc4c(c3c2)CC=CC4)c2ccccc2c1=O. The lowest BCUT2D eigenvalue weighted by Gasteiger charge is -2.09. The van der Waals surface area contributed by atoms with Gasteiger partial charge in [0.2, 0.25) is 5.91 Å². The van der Waals surface area contributed by atoms with Crippen LogP contribution >= 0.6 is 0 Å². The summed E-state index contributed by atoms with van der Waals surface area (Å²) in [5, 5.41) is 9.56. The van der Waals surface area contributed by atoms with Gasteiger partial charge < -0.3 is 9.73 Å². The maximum Gasteiger partial charge on any atom is 0.274 e. The lowest BCUT2D eigenvalue weighted by molar-refractivity contribution is -0.115. The fourth-order valence-electron chi connectivity index (χ4n) is 3.92. The van der Waals surface area contributed by atoms with E-state index in [0.29, 0.717) is 16.5 Å². The van der Waals surface area contributed by atoms with Gasteiger partial charge in [-0.3, -0.25) is 9.59 Å². The van der Waals surface area contributed by atoms with Gasteiger partial charge in [-0.25, -0.2) is 4.68 Å². The van der Waals surface area contributed by atoms with Crippen LogP contribution in [0.25, 0.3) is 21.7 Å². The number of nitrogens with one attached hydrogen (secondary N) is 1. The smallest absolute Gasteiger partial charge is 0.274 e. The van der Waals surface area contributed by atoms with Crippen molar-refractivity contribution in [1.82, 2.24) is 9.78 Å². The van der Waals surface area contributed by atoms with Crippen LogP contribution in [0.15, 0.2) is 63.8 Å². The number of carbonyl (C=O) groups excluding carboxylic acids is 1. The summed E-state index contributed by atoms with van der Waals surface area (Å²) in [4.78, 5) is 25.0. The van der Waals surface area contributed by atoms with E-state index in [0.717, 1.165) is 35.3 Å². The molecule has 0 spiro atoms. The third-order valence-corrected chi connectivity index (χ3v) is 5.31. The third kappa shape index (κ3) is 3.02. The van der Waals surface area contributed by atoms with E-state index in [1.807, 2.05) is 36.4 Å². The molecule has 1 aliphatic rings. The number of amides is 1. The van der Waals surface area contributed by atoms with Crippen molar-refractivity contribution in [2.45, 2.75) is 19.3 Å². The Morgan fingerprint density at radius 1 is 1.10 bits per heavy atom. The zero-order valence-electron chi connectivity index (χ0n) is 15.9. The van der Waals surface area contributed by atoms with Gasteiger partial charge in [0.15, 0.2) is 0 Å². The summed E-state index contributed by atoms with van der Waals surface area (Å²) in [6, 6.07) is 12.9. The number of allylic oxidation sites excluding steroid dienone is 2. The van der Waals surface area contributed by atoms with E-state index in [1.165, 1.54) is 10.2 Å². The molecule has 0 fully saturated rings. The average Bonchev–Trinajstić information content (AvgIpc) is 3.10. The Morgan fingerprint density at radius 2 is 1.90 bits per heavy atom. The zero-order valence-corrected chi connectivity index (χ0v) is 15.9. The van der Waals surface area contributed by atoms with Gasteiger partial charge >= 0.3 is 0 Å². The van der Waals surface area contributed by atoms with Gasteiger partial charge in [0.25, 0.3) is 5.56 Å². The van der Waals surface area contributed by atoms with E-state index in [9.17, 15) is 9.59 Å². The van der Waals surface area contributed by atoms with Gasteiger partial charge in [-0.2, -0.15) is 5.10 Å². The monoisotopic (exact) mass is 385 g/mol. The van der Waals surface area contributed by atoms with Crippen molar-refractivity contribution in [3.8, 4) is 0 Å². The number of carbonyl (C=O) groups is 1. The highest BCUT2D eigenvalue weighted by Crippen LogP contribution is 2.31. The molecule has 0 bridgehead atoms. The van der Waals surface area contributed by atoms with Crippen LogP contribution in [0, 0.1) is 0 Å². The second kappa shape index (κ2) is 6.74. The molecule has 2 aromatic carbocycles. The first-order chi connectivity index (χ1) is 14.1. The topological polar surface area (TPSA) is 77.1 Å². The van der Waals surface area contributed by atoms with Crippen molar-refractivity contribution in [2.24, 2.45) is 7.05 Å². The number of aromatic nitrogens is 2. The molecule has 1 amide bonds. The van der Waals surface area contributed by atoms with Crippen LogP contribution in [0.5, 0.6) is 0 Å². The maximum atomic E-state index is 12.7. The summed E-state index contributed by atoms with van der Waals surface area (Å²) < 4.78 is 7.19. The summed E-state index contributed by atoms with van der Waals surface area (Å²) in [6.45, 7) is 0. The molecule has 144 valence electrons. The zero-order chi connectivity index (χ0) is 20.0. The molecule has 1 N–H and O–H groups in total. The van der Waals surface area contributed by atoms with Gasteiger partial charge in [-0.15, -0.1) is 0 Å². The molecular weight excluding hydrogens is 366 g/mol. The molecule has 6 heteroatoms. The van der Waals surface area contributed by atoms with Gasteiger partial charge in [-0.1, -0.05) is 30.4 Å². The number of benzene rings is 2. The molecule has 1 aliphatic carbocycles. The maximum absolute atomic E-state index is 12.7. The van der Waals surface area contributed by atoms with E-state index < -0.39 is 0 Å². The molecule has 6 nitrogen and oxygen atoms in total. The molecular formula is C23H19N3O3. The van der Waals surface area contributed by atoms with Gasteiger partial charge in [-0.05, 0) is 30.7 Å². The summed E-state index contributed by atoms with van der Waals surface area (Å²) in [5.74, 6) is 0.810. The van der Waals surface area contributed by atoms with Gasteiger partial charge in [0.1, 0.15) is 11.3 Å². The third-order valence-electron chi connectivity index (χ3n) is 5.31. The minimum atomic E-state index is -0.182. The standard InChI is InChI=1S/C23H19N3O3/c1-26-23(28)17-8-3-2-6-15(17)19(25-26)13-22(27)24-14-10-11-21-18(12-14)16-7-4-5-9-20(16)29-21/h2-6,8,10-12H,7,9,13H2,1H3,(H,24,27). The molecule has 0 saturated heterocycles. The molecule has 2 heterocycles. The summed E-state index contributed by atoms with van der Waals surface area (Å²) in [7, 11) is 1.60. The number of hydrogen-bond acceptors (Lipinski definition) is 4. The van der Waals surface area contributed by atoms with Crippen molar-refractivity contribution in [3.05, 3.63) is 82.0 Å². The van der Waals surface area contributed by atoms with E-state index in [-0.39, 0.29) is 17.9 Å². The normalized spacial score (nSPS) is 13.0. The Labute approximate surface area is 166 Å². The lowest BCUT2D eigenvalue weighted by Crippen LogP contribution is -2.24. The molecule has 0 aliphatic heterocycles. The van der Waals surface area contributed by atoms with Crippen molar-refractivity contribution in [1.29, 1.82) is 0 Å². The largest absolute Gasteiger partial charge is 0.460 e. The molecule has 0 saturated carbocycles. The molecule has 0 radical (unpaired) electrons. The van der Waals surface area contributed by atoms with E-state index in [4.69, 9.17) is 4.42 Å². The number of hydrogen-bond donors (Lipinski definition) is 1. The highest BCUT2D eigenvalue weighted by Gasteiger charge is 2.16. The number of rotatable bonds is 3. The van der Waals surface area contributed by atoms with Crippen molar-refractivity contribution in [2.75, 3.05) is 5.32 Å². The first-order valence-corrected chi connectivity index (χ1v) is 9.54. The molecule has 5 rings (SSSR count). The second-order valence-corrected chi connectivity index (χ2v) is 7.24. The lowest BCUT2D eigenvalue weighted by atomic mass is 10.0. The van der Waals surface area contributed by atoms with Crippen LogP contribution in [-0.2, 0) is 31.1 Å². The summed E-state index contributed by atoms with van der Waals surface area (Å²) in [5.41, 5.74) is 3.14. The van der Waals surface area contributed by atoms with Crippen LogP contribution in [-0.4, -0.2) is 15.7 Å².